The number of carbonyl (C=O) groups excluding carboxylic acids is 1. The van der Waals surface area contributed by atoms with Crippen molar-refractivity contribution in [3.05, 3.63) is 54.0 Å². The van der Waals surface area contributed by atoms with Gasteiger partial charge in [0.05, 0.1) is 18.6 Å². The van der Waals surface area contributed by atoms with Crippen LogP contribution in [0.25, 0.3) is 0 Å². The number of aryl methyl sites for hydroxylation is 1. The van der Waals surface area contributed by atoms with Crippen molar-refractivity contribution in [1.29, 1.82) is 0 Å². The lowest BCUT2D eigenvalue weighted by atomic mass is 10.1. The molecule has 5 heteroatoms. The number of rotatable bonds is 7. The van der Waals surface area contributed by atoms with Crippen molar-refractivity contribution in [2.45, 2.75) is 19.4 Å². The molecule has 1 unspecified atom stereocenters. The van der Waals surface area contributed by atoms with Gasteiger partial charge in [0.1, 0.15) is 5.75 Å². The molecular weight excluding hydrogens is 270 g/mol. The fraction of sp³-hybridized carbons (Fsp3) is 0.312. The van der Waals surface area contributed by atoms with Crippen LogP contribution in [0.1, 0.15) is 23.7 Å². The van der Waals surface area contributed by atoms with E-state index in [0.717, 1.165) is 5.56 Å². The second-order valence-corrected chi connectivity index (χ2v) is 4.81. The first-order valence-electron chi connectivity index (χ1n) is 6.81. The molecule has 21 heavy (non-hydrogen) atoms. The Morgan fingerprint density at radius 1 is 1.33 bits per heavy atom. The van der Waals surface area contributed by atoms with Gasteiger partial charge in [0.15, 0.2) is 6.61 Å². The first kappa shape index (κ1) is 15.1. The van der Waals surface area contributed by atoms with Crippen LogP contribution in [0.15, 0.2) is 47.3 Å². The zero-order valence-corrected chi connectivity index (χ0v) is 11.9. The number of aliphatic hydroxyl groups is 1. The number of nitrogens with one attached hydrogen (secondary N) is 1. The molecule has 1 aromatic carbocycles. The topological polar surface area (TPSA) is 71.7 Å². The van der Waals surface area contributed by atoms with E-state index in [1.54, 1.807) is 6.07 Å². The highest BCUT2D eigenvalue weighted by Crippen LogP contribution is 2.15. The summed E-state index contributed by atoms with van der Waals surface area (Å²) < 4.78 is 10.3. The summed E-state index contributed by atoms with van der Waals surface area (Å²) in [6.07, 6.45) is 2.79. The quantitative estimate of drug-likeness (QED) is 0.819. The summed E-state index contributed by atoms with van der Waals surface area (Å²) in [5.41, 5.74) is 1.85. The Hall–Kier alpha value is -2.27. The largest absolute Gasteiger partial charge is 0.484 e. The summed E-state index contributed by atoms with van der Waals surface area (Å²) in [6, 6.07) is 9.20. The summed E-state index contributed by atoms with van der Waals surface area (Å²) in [5.74, 6) is 0.448. The van der Waals surface area contributed by atoms with Crippen molar-refractivity contribution < 1.29 is 19.1 Å². The molecule has 5 nitrogen and oxygen atoms in total. The van der Waals surface area contributed by atoms with Crippen molar-refractivity contribution in [2.75, 3.05) is 13.2 Å². The number of aliphatic hydroxyl groups excluding tert-OH is 1. The molecule has 0 saturated carbocycles. The molecule has 0 saturated heterocycles. The molecule has 2 N–H and O–H groups in total. The summed E-state index contributed by atoms with van der Waals surface area (Å²) in [6.45, 7) is 2.33. The van der Waals surface area contributed by atoms with Crippen LogP contribution in [0.5, 0.6) is 5.75 Å². The highest BCUT2D eigenvalue weighted by Gasteiger charge is 2.09. The van der Waals surface area contributed by atoms with Gasteiger partial charge in [-0.15, -0.1) is 0 Å². The Morgan fingerprint density at radius 2 is 2.10 bits per heavy atom. The van der Waals surface area contributed by atoms with Gasteiger partial charge in [0, 0.05) is 12.1 Å². The fourth-order valence-electron chi connectivity index (χ4n) is 1.81. The van der Waals surface area contributed by atoms with Gasteiger partial charge in [-0.2, -0.15) is 0 Å². The lowest BCUT2D eigenvalue weighted by molar-refractivity contribution is -0.123. The summed E-state index contributed by atoms with van der Waals surface area (Å²) >= 11 is 0. The third-order valence-electron chi connectivity index (χ3n) is 3.06. The van der Waals surface area contributed by atoms with Crippen LogP contribution < -0.4 is 10.1 Å². The van der Waals surface area contributed by atoms with Crippen LogP contribution in [0.2, 0.25) is 0 Å². The lowest BCUT2D eigenvalue weighted by Gasteiger charge is -2.10. The average molecular weight is 289 g/mol. The molecule has 1 amide bonds. The van der Waals surface area contributed by atoms with Gasteiger partial charge in [0.2, 0.25) is 0 Å². The third-order valence-corrected chi connectivity index (χ3v) is 3.06. The Labute approximate surface area is 123 Å². The first-order chi connectivity index (χ1) is 10.1. The van der Waals surface area contributed by atoms with Crippen molar-refractivity contribution in [3.63, 3.8) is 0 Å². The van der Waals surface area contributed by atoms with Gasteiger partial charge in [-0.3, -0.25) is 4.79 Å². The number of furan rings is 1. The smallest absolute Gasteiger partial charge is 0.257 e. The van der Waals surface area contributed by atoms with E-state index in [2.05, 4.69) is 5.32 Å². The molecule has 0 bridgehead atoms. The lowest BCUT2D eigenvalue weighted by Crippen LogP contribution is -2.30. The Morgan fingerprint density at radius 3 is 2.76 bits per heavy atom. The van der Waals surface area contributed by atoms with E-state index in [9.17, 15) is 9.90 Å². The van der Waals surface area contributed by atoms with Crippen molar-refractivity contribution in [3.8, 4) is 5.75 Å². The molecule has 0 spiro atoms. The normalized spacial score (nSPS) is 11.9. The summed E-state index contributed by atoms with van der Waals surface area (Å²) in [5, 5.41) is 12.5. The van der Waals surface area contributed by atoms with Crippen molar-refractivity contribution in [2.24, 2.45) is 0 Å². The van der Waals surface area contributed by atoms with Gasteiger partial charge in [-0.05, 0) is 31.5 Å². The van der Waals surface area contributed by atoms with Crippen LogP contribution in [0.3, 0.4) is 0 Å². The highest BCUT2D eigenvalue weighted by atomic mass is 16.5. The SMILES string of the molecule is Cc1ccc(OCC(=O)NCCC(O)c2ccoc2)cc1. The number of amides is 1. The van der Waals surface area contributed by atoms with E-state index in [-0.39, 0.29) is 12.5 Å². The summed E-state index contributed by atoms with van der Waals surface area (Å²) in [4.78, 5) is 11.6. The molecule has 112 valence electrons. The monoisotopic (exact) mass is 289 g/mol. The molecule has 1 heterocycles. The third kappa shape index (κ3) is 4.96. The number of hydrogen-bond acceptors (Lipinski definition) is 4. The van der Waals surface area contributed by atoms with E-state index in [1.165, 1.54) is 12.5 Å². The van der Waals surface area contributed by atoms with Gasteiger partial charge >= 0.3 is 0 Å². The minimum Gasteiger partial charge on any atom is -0.484 e. The summed E-state index contributed by atoms with van der Waals surface area (Å²) in [7, 11) is 0. The number of ether oxygens (including phenoxy) is 1. The predicted octanol–water partition coefficient (Wildman–Crippen LogP) is 2.21. The minimum atomic E-state index is -0.637. The molecule has 1 atom stereocenters. The zero-order chi connectivity index (χ0) is 15.1. The van der Waals surface area contributed by atoms with E-state index in [0.29, 0.717) is 24.3 Å². The maximum Gasteiger partial charge on any atom is 0.257 e. The van der Waals surface area contributed by atoms with Gasteiger partial charge in [-0.25, -0.2) is 0 Å². The van der Waals surface area contributed by atoms with E-state index < -0.39 is 6.10 Å². The van der Waals surface area contributed by atoms with Crippen LogP contribution in [0, 0.1) is 6.92 Å². The second-order valence-electron chi connectivity index (χ2n) is 4.81. The fourth-order valence-corrected chi connectivity index (χ4v) is 1.81. The Balaban J connectivity index is 1.64. The maximum absolute atomic E-state index is 11.6. The maximum atomic E-state index is 11.6. The number of carbonyl (C=O) groups is 1. The Kier molecular flexibility index (Phi) is 5.40. The average Bonchev–Trinajstić information content (AvgIpc) is 3.01. The molecule has 0 aliphatic carbocycles. The van der Waals surface area contributed by atoms with Gasteiger partial charge < -0.3 is 19.6 Å². The molecule has 0 aliphatic heterocycles. The molecule has 0 aliphatic rings. The van der Waals surface area contributed by atoms with Crippen molar-refractivity contribution in [1.82, 2.24) is 5.32 Å². The minimum absolute atomic E-state index is 0.0368. The standard InChI is InChI=1S/C16H19NO4/c1-12-2-4-14(5-3-12)21-11-16(19)17-8-6-15(18)13-7-9-20-10-13/h2-5,7,9-10,15,18H,6,8,11H2,1H3,(H,17,19). The molecular formula is C16H19NO4. The van der Waals surface area contributed by atoms with E-state index in [4.69, 9.17) is 9.15 Å². The molecule has 0 radical (unpaired) electrons. The first-order valence-corrected chi connectivity index (χ1v) is 6.81. The van der Waals surface area contributed by atoms with Crippen LogP contribution >= 0.6 is 0 Å². The van der Waals surface area contributed by atoms with E-state index >= 15 is 0 Å². The molecule has 0 fully saturated rings. The Bertz CT molecular complexity index is 548. The molecule has 1 aromatic heterocycles. The molecule has 2 aromatic rings. The molecule has 2 rings (SSSR count). The number of hydrogen-bond donors (Lipinski definition) is 2. The zero-order valence-electron chi connectivity index (χ0n) is 11.9. The predicted molar refractivity (Wildman–Crippen MR) is 78.0 cm³/mol. The van der Waals surface area contributed by atoms with Crippen LogP contribution in [-0.2, 0) is 4.79 Å². The second kappa shape index (κ2) is 7.50. The van der Waals surface area contributed by atoms with Gasteiger partial charge in [0.25, 0.3) is 5.91 Å². The van der Waals surface area contributed by atoms with Crippen molar-refractivity contribution >= 4 is 5.91 Å². The van der Waals surface area contributed by atoms with Crippen LogP contribution in [0.4, 0.5) is 0 Å². The van der Waals surface area contributed by atoms with Crippen LogP contribution in [-0.4, -0.2) is 24.2 Å². The van der Waals surface area contributed by atoms with E-state index in [1.807, 2.05) is 31.2 Å². The number of benzene rings is 1. The van der Waals surface area contributed by atoms with Gasteiger partial charge in [-0.1, -0.05) is 17.7 Å². The highest BCUT2D eigenvalue weighted by molar-refractivity contribution is 5.77.